The van der Waals surface area contributed by atoms with Gasteiger partial charge < -0.3 is 11.1 Å². The molecule has 0 aliphatic carbocycles. The number of hydrogen-bond donors (Lipinski definition) is 2. The minimum absolute atomic E-state index is 0.0598. The van der Waals surface area contributed by atoms with Gasteiger partial charge in [0.15, 0.2) is 0 Å². The van der Waals surface area contributed by atoms with Crippen LogP contribution in [0.25, 0.3) is 0 Å². The molecule has 1 amide bonds. The van der Waals surface area contributed by atoms with Crippen LogP contribution in [0, 0.1) is 5.41 Å². The Morgan fingerprint density at radius 2 is 1.85 bits per heavy atom. The molecule has 20 heavy (non-hydrogen) atoms. The molecule has 0 aromatic heterocycles. The normalized spacial score (nSPS) is 14.0. The first-order valence-corrected chi connectivity index (χ1v) is 6.24. The number of hydrogen-bond acceptors (Lipinski definition) is 2. The molecule has 0 aliphatic rings. The first kappa shape index (κ1) is 16.8. The van der Waals surface area contributed by atoms with Gasteiger partial charge in [0.2, 0.25) is 5.91 Å². The van der Waals surface area contributed by atoms with Crippen molar-refractivity contribution in [2.24, 2.45) is 11.1 Å². The molecule has 3 N–H and O–H groups in total. The van der Waals surface area contributed by atoms with Gasteiger partial charge >= 0.3 is 6.18 Å². The van der Waals surface area contributed by atoms with Crippen molar-refractivity contribution in [2.75, 3.05) is 5.32 Å². The van der Waals surface area contributed by atoms with E-state index in [4.69, 9.17) is 17.3 Å². The van der Waals surface area contributed by atoms with Crippen molar-refractivity contribution in [3.8, 4) is 0 Å². The van der Waals surface area contributed by atoms with E-state index in [9.17, 15) is 18.0 Å². The molecule has 0 fully saturated rings. The first-order chi connectivity index (χ1) is 8.93. The van der Waals surface area contributed by atoms with E-state index < -0.39 is 29.1 Å². The van der Waals surface area contributed by atoms with Gasteiger partial charge in [0.1, 0.15) is 0 Å². The zero-order valence-corrected chi connectivity index (χ0v) is 12.1. The van der Waals surface area contributed by atoms with Gasteiger partial charge in [0, 0.05) is 5.02 Å². The Kier molecular flexibility index (Phi) is 4.71. The lowest BCUT2D eigenvalue weighted by Gasteiger charge is -2.26. The summed E-state index contributed by atoms with van der Waals surface area (Å²) in [7, 11) is 0. The quantitative estimate of drug-likeness (QED) is 0.876. The molecular weight excluding hydrogens is 293 g/mol. The lowest BCUT2D eigenvalue weighted by Crippen LogP contribution is -2.45. The van der Waals surface area contributed by atoms with Crippen LogP contribution in [0.1, 0.15) is 26.3 Å². The molecule has 0 saturated heterocycles. The molecule has 112 valence electrons. The topological polar surface area (TPSA) is 55.1 Å². The fourth-order valence-corrected chi connectivity index (χ4v) is 1.64. The second-order valence-corrected chi connectivity index (χ2v) is 5.96. The van der Waals surface area contributed by atoms with E-state index in [0.717, 1.165) is 12.1 Å². The van der Waals surface area contributed by atoms with Gasteiger partial charge in [-0.1, -0.05) is 32.4 Å². The van der Waals surface area contributed by atoms with Crippen LogP contribution < -0.4 is 11.1 Å². The molecule has 1 rings (SSSR count). The van der Waals surface area contributed by atoms with Gasteiger partial charge in [-0.05, 0) is 23.6 Å². The van der Waals surface area contributed by atoms with Crippen molar-refractivity contribution in [3.63, 3.8) is 0 Å². The Morgan fingerprint density at radius 1 is 1.30 bits per heavy atom. The summed E-state index contributed by atoms with van der Waals surface area (Å²) in [5.41, 5.74) is 3.80. The molecule has 0 radical (unpaired) electrons. The number of halogens is 4. The number of nitrogens with one attached hydrogen (secondary N) is 1. The lowest BCUT2D eigenvalue weighted by molar-refractivity contribution is -0.137. The van der Waals surface area contributed by atoms with Crippen LogP contribution in [0.2, 0.25) is 5.02 Å². The van der Waals surface area contributed by atoms with Gasteiger partial charge in [-0.25, -0.2) is 0 Å². The smallest absolute Gasteiger partial charge is 0.324 e. The Balaban J connectivity index is 3.08. The molecule has 7 heteroatoms. The Hall–Kier alpha value is -1.27. The highest BCUT2D eigenvalue weighted by molar-refractivity contribution is 6.30. The number of nitrogens with two attached hydrogens (primary N) is 1. The summed E-state index contributed by atoms with van der Waals surface area (Å²) in [6.45, 7) is 5.18. The molecular formula is C13H16ClF3N2O. The minimum Gasteiger partial charge on any atom is -0.324 e. The molecule has 1 aromatic rings. The summed E-state index contributed by atoms with van der Waals surface area (Å²) in [6.07, 6.45) is -4.61. The second-order valence-electron chi connectivity index (χ2n) is 5.52. The highest BCUT2D eigenvalue weighted by Crippen LogP contribution is 2.36. The molecule has 1 atom stereocenters. The number of amides is 1. The number of rotatable bonds is 2. The van der Waals surface area contributed by atoms with Crippen LogP contribution >= 0.6 is 11.6 Å². The summed E-state index contributed by atoms with van der Waals surface area (Å²) < 4.78 is 38.6. The summed E-state index contributed by atoms with van der Waals surface area (Å²) in [4.78, 5) is 11.9. The first-order valence-electron chi connectivity index (χ1n) is 5.86. The van der Waals surface area contributed by atoms with E-state index >= 15 is 0 Å². The van der Waals surface area contributed by atoms with Gasteiger partial charge in [-0.2, -0.15) is 13.2 Å². The summed E-state index contributed by atoms with van der Waals surface area (Å²) in [5.74, 6) is -0.676. The van der Waals surface area contributed by atoms with E-state index in [0.29, 0.717) is 0 Å². The van der Waals surface area contributed by atoms with E-state index in [-0.39, 0.29) is 10.7 Å². The van der Waals surface area contributed by atoms with E-state index in [1.54, 1.807) is 20.8 Å². The average molecular weight is 309 g/mol. The van der Waals surface area contributed by atoms with Crippen LogP contribution in [0.5, 0.6) is 0 Å². The maximum atomic E-state index is 12.9. The fraction of sp³-hybridized carbons (Fsp3) is 0.462. The van der Waals surface area contributed by atoms with Crippen molar-refractivity contribution < 1.29 is 18.0 Å². The van der Waals surface area contributed by atoms with Gasteiger partial charge in [-0.3, -0.25) is 4.79 Å². The summed E-state index contributed by atoms with van der Waals surface area (Å²) >= 11 is 5.56. The average Bonchev–Trinajstić information content (AvgIpc) is 2.27. The number of carbonyl (C=O) groups excluding carboxylic acids is 1. The predicted octanol–water partition coefficient (Wildman–Crippen LogP) is 3.67. The monoisotopic (exact) mass is 308 g/mol. The molecule has 0 aliphatic heterocycles. The van der Waals surface area contributed by atoms with Crippen molar-refractivity contribution in [1.82, 2.24) is 0 Å². The molecule has 1 unspecified atom stereocenters. The van der Waals surface area contributed by atoms with Crippen LogP contribution in [-0.4, -0.2) is 11.9 Å². The highest BCUT2D eigenvalue weighted by Gasteiger charge is 2.35. The molecule has 0 spiro atoms. The molecule has 0 saturated carbocycles. The standard InChI is InChI=1S/C13H16ClF3N2O/c1-12(2,3)10(18)11(20)19-9-5-4-7(14)6-8(9)13(15,16)17/h4-6,10H,18H2,1-3H3,(H,19,20). The molecule has 0 bridgehead atoms. The largest absolute Gasteiger partial charge is 0.418 e. The predicted molar refractivity (Wildman–Crippen MR) is 72.5 cm³/mol. The van der Waals surface area contributed by atoms with Crippen LogP contribution in [0.3, 0.4) is 0 Å². The molecule has 1 aromatic carbocycles. The fourth-order valence-electron chi connectivity index (χ4n) is 1.46. The maximum absolute atomic E-state index is 12.9. The van der Waals surface area contributed by atoms with E-state index in [1.807, 2.05) is 0 Å². The minimum atomic E-state index is -4.61. The molecule has 3 nitrogen and oxygen atoms in total. The summed E-state index contributed by atoms with van der Waals surface area (Å²) in [6, 6.07) is 2.21. The second kappa shape index (κ2) is 5.61. The van der Waals surface area contributed by atoms with Gasteiger partial charge in [0.05, 0.1) is 17.3 Å². The molecule has 0 heterocycles. The Bertz CT molecular complexity index is 509. The van der Waals surface area contributed by atoms with E-state index in [2.05, 4.69) is 5.32 Å². The summed E-state index contributed by atoms with van der Waals surface area (Å²) in [5, 5.41) is 2.15. The van der Waals surface area contributed by atoms with Crippen LogP contribution in [0.4, 0.5) is 18.9 Å². The third kappa shape index (κ3) is 4.11. The van der Waals surface area contributed by atoms with Crippen LogP contribution in [-0.2, 0) is 11.0 Å². The van der Waals surface area contributed by atoms with Crippen molar-refractivity contribution in [1.29, 1.82) is 0 Å². The van der Waals surface area contributed by atoms with Crippen molar-refractivity contribution in [2.45, 2.75) is 33.0 Å². The third-order valence-corrected chi connectivity index (χ3v) is 3.00. The third-order valence-electron chi connectivity index (χ3n) is 2.76. The SMILES string of the molecule is CC(C)(C)C(N)C(=O)Nc1ccc(Cl)cc1C(F)(F)F. The Morgan fingerprint density at radius 3 is 2.30 bits per heavy atom. The van der Waals surface area contributed by atoms with Crippen LogP contribution in [0.15, 0.2) is 18.2 Å². The number of alkyl halides is 3. The number of anilines is 1. The van der Waals surface area contributed by atoms with Gasteiger partial charge in [-0.15, -0.1) is 0 Å². The van der Waals surface area contributed by atoms with Crippen molar-refractivity contribution in [3.05, 3.63) is 28.8 Å². The number of carbonyl (C=O) groups is 1. The zero-order valence-electron chi connectivity index (χ0n) is 11.3. The van der Waals surface area contributed by atoms with E-state index in [1.165, 1.54) is 6.07 Å². The van der Waals surface area contributed by atoms with Gasteiger partial charge in [0.25, 0.3) is 0 Å². The Labute approximate surface area is 120 Å². The maximum Gasteiger partial charge on any atom is 0.418 e. The van der Waals surface area contributed by atoms with Crippen molar-refractivity contribution >= 4 is 23.2 Å². The lowest BCUT2D eigenvalue weighted by atomic mass is 9.87. The highest BCUT2D eigenvalue weighted by atomic mass is 35.5. The zero-order chi connectivity index (χ0) is 15.7. The number of benzene rings is 1.